The first kappa shape index (κ1) is 26.9. The number of para-hydroxylation sites is 1. The predicted octanol–water partition coefficient (Wildman–Crippen LogP) is 4.12. The van der Waals surface area contributed by atoms with Crippen LogP contribution in [0.25, 0.3) is 22.2 Å². The largest absolute Gasteiger partial charge is 0.396 e. The van der Waals surface area contributed by atoms with Crippen LogP contribution in [0.1, 0.15) is 42.6 Å². The summed E-state index contributed by atoms with van der Waals surface area (Å²) in [7, 11) is 3.60. The van der Waals surface area contributed by atoms with Crippen molar-refractivity contribution in [2.75, 3.05) is 44.0 Å². The van der Waals surface area contributed by atoms with E-state index in [-0.39, 0.29) is 23.8 Å². The fourth-order valence-corrected chi connectivity index (χ4v) is 4.45. The summed E-state index contributed by atoms with van der Waals surface area (Å²) >= 11 is 0. The minimum absolute atomic E-state index is 0.110. The van der Waals surface area contributed by atoms with Crippen molar-refractivity contribution < 1.29 is 9.90 Å². The van der Waals surface area contributed by atoms with Crippen LogP contribution < -0.4 is 15.5 Å². The van der Waals surface area contributed by atoms with Crippen molar-refractivity contribution >= 4 is 28.4 Å². The molecular formula is C29H35N7O2. The van der Waals surface area contributed by atoms with Crippen molar-refractivity contribution in [2.45, 2.75) is 26.7 Å². The first-order valence-corrected chi connectivity index (χ1v) is 12.7. The summed E-state index contributed by atoms with van der Waals surface area (Å²) in [6.07, 6.45) is 5.03. The molecule has 0 radical (unpaired) electrons. The van der Waals surface area contributed by atoms with Gasteiger partial charge in [0.1, 0.15) is 18.0 Å². The van der Waals surface area contributed by atoms with Gasteiger partial charge in [-0.2, -0.15) is 0 Å². The number of hydrogen-bond donors (Lipinski definition) is 3. The number of aromatic nitrogens is 4. The lowest BCUT2D eigenvalue weighted by atomic mass is 9.94. The maximum Gasteiger partial charge on any atom is 0.251 e. The SMILES string of the molecule is CNC(=O)c1ccnc2c([C@H](C)CNc3cc(-c4ccc(N(C)CC(C)(C)CO)nc4)ncn3)cccc12. The van der Waals surface area contributed by atoms with Crippen LogP contribution in [0.2, 0.25) is 0 Å². The molecule has 198 valence electrons. The lowest BCUT2D eigenvalue weighted by molar-refractivity contribution is 0.0964. The third-order valence-corrected chi connectivity index (χ3v) is 6.59. The molecule has 3 heterocycles. The van der Waals surface area contributed by atoms with E-state index in [0.29, 0.717) is 24.5 Å². The van der Waals surface area contributed by atoms with Crippen LogP contribution >= 0.6 is 0 Å². The molecule has 0 unspecified atom stereocenters. The van der Waals surface area contributed by atoms with E-state index >= 15 is 0 Å². The molecule has 0 aliphatic rings. The van der Waals surface area contributed by atoms with E-state index in [4.69, 9.17) is 0 Å². The van der Waals surface area contributed by atoms with Gasteiger partial charge in [0.25, 0.3) is 5.91 Å². The smallest absolute Gasteiger partial charge is 0.251 e. The zero-order valence-corrected chi connectivity index (χ0v) is 22.6. The molecule has 0 spiro atoms. The Kier molecular flexibility index (Phi) is 8.16. The predicted molar refractivity (Wildman–Crippen MR) is 151 cm³/mol. The number of amides is 1. The Bertz CT molecular complexity index is 1410. The van der Waals surface area contributed by atoms with Crippen molar-refractivity contribution in [3.8, 4) is 11.3 Å². The van der Waals surface area contributed by atoms with Crippen LogP contribution in [-0.2, 0) is 0 Å². The third kappa shape index (κ3) is 6.06. The molecule has 3 N–H and O–H groups in total. The maximum atomic E-state index is 12.3. The number of carbonyl (C=O) groups is 1. The summed E-state index contributed by atoms with van der Waals surface area (Å²) < 4.78 is 0. The highest BCUT2D eigenvalue weighted by Crippen LogP contribution is 2.27. The molecule has 1 aromatic carbocycles. The molecule has 1 atom stereocenters. The Labute approximate surface area is 223 Å². The molecule has 9 heteroatoms. The second-order valence-electron chi connectivity index (χ2n) is 10.3. The van der Waals surface area contributed by atoms with Gasteiger partial charge in [-0.3, -0.25) is 9.78 Å². The van der Waals surface area contributed by atoms with E-state index in [0.717, 1.165) is 33.5 Å². The molecule has 0 saturated carbocycles. The van der Waals surface area contributed by atoms with E-state index in [1.54, 1.807) is 31.8 Å². The number of pyridine rings is 2. The number of anilines is 2. The molecule has 38 heavy (non-hydrogen) atoms. The lowest BCUT2D eigenvalue weighted by Gasteiger charge is -2.29. The van der Waals surface area contributed by atoms with Gasteiger partial charge in [-0.15, -0.1) is 0 Å². The van der Waals surface area contributed by atoms with Crippen molar-refractivity contribution in [2.24, 2.45) is 5.41 Å². The number of nitrogens with one attached hydrogen (secondary N) is 2. The fourth-order valence-electron chi connectivity index (χ4n) is 4.45. The van der Waals surface area contributed by atoms with Gasteiger partial charge in [-0.25, -0.2) is 15.0 Å². The maximum absolute atomic E-state index is 12.3. The van der Waals surface area contributed by atoms with Gasteiger partial charge in [-0.1, -0.05) is 39.0 Å². The molecule has 0 fully saturated rings. The Morgan fingerprint density at radius 1 is 1.11 bits per heavy atom. The summed E-state index contributed by atoms with van der Waals surface area (Å²) in [4.78, 5) is 32.3. The number of benzene rings is 1. The number of aliphatic hydroxyl groups excluding tert-OH is 1. The molecule has 4 rings (SSSR count). The molecule has 0 aliphatic heterocycles. The molecule has 3 aromatic heterocycles. The summed E-state index contributed by atoms with van der Waals surface area (Å²) in [5.41, 5.74) is 3.95. The van der Waals surface area contributed by atoms with Crippen molar-refractivity contribution in [3.05, 3.63) is 72.3 Å². The minimum atomic E-state index is -0.214. The first-order valence-electron chi connectivity index (χ1n) is 12.7. The standard InChI is InChI=1S/C29H35N7O2/c1-19(21-7-6-8-22-23(28(38)30-4)11-12-31-27(21)22)14-32-25-13-24(34-18-35-25)20-9-10-26(33-15-20)36(5)16-29(2,3)17-37/h6-13,15,18-19,37H,14,16-17H2,1-5H3,(H,30,38)(H,32,34,35)/t19-/m1/s1. The zero-order valence-electron chi connectivity index (χ0n) is 22.6. The highest BCUT2D eigenvalue weighted by atomic mass is 16.3. The van der Waals surface area contributed by atoms with E-state index in [9.17, 15) is 9.90 Å². The average Bonchev–Trinajstić information content (AvgIpc) is 2.94. The van der Waals surface area contributed by atoms with Gasteiger partial charge >= 0.3 is 0 Å². The number of aliphatic hydroxyl groups is 1. The quantitative estimate of drug-likeness (QED) is 0.290. The van der Waals surface area contributed by atoms with E-state index in [2.05, 4.69) is 37.5 Å². The third-order valence-electron chi connectivity index (χ3n) is 6.59. The summed E-state index contributed by atoms with van der Waals surface area (Å²) in [5, 5.41) is 16.5. The lowest BCUT2D eigenvalue weighted by Crippen LogP contribution is -2.34. The normalized spacial score (nSPS) is 12.3. The van der Waals surface area contributed by atoms with Gasteiger partial charge in [0, 0.05) is 74.5 Å². The summed E-state index contributed by atoms with van der Waals surface area (Å²) in [6.45, 7) is 7.59. The van der Waals surface area contributed by atoms with Crippen LogP contribution in [0.5, 0.6) is 0 Å². The Morgan fingerprint density at radius 3 is 2.63 bits per heavy atom. The number of hydrogen-bond acceptors (Lipinski definition) is 8. The van der Waals surface area contributed by atoms with E-state index in [1.807, 2.05) is 62.2 Å². The monoisotopic (exact) mass is 513 g/mol. The van der Waals surface area contributed by atoms with Gasteiger partial charge in [-0.05, 0) is 23.8 Å². The molecular weight excluding hydrogens is 478 g/mol. The van der Waals surface area contributed by atoms with Crippen LogP contribution in [0.4, 0.5) is 11.6 Å². The molecule has 9 nitrogen and oxygen atoms in total. The fraction of sp³-hybridized carbons (Fsp3) is 0.345. The van der Waals surface area contributed by atoms with Gasteiger partial charge in [0.05, 0.1) is 16.8 Å². The molecule has 0 saturated heterocycles. The van der Waals surface area contributed by atoms with E-state index < -0.39 is 0 Å². The average molecular weight is 514 g/mol. The summed E-state index contributed by atoms with van der Waals surface area (Å²) in [6, 6.07) is 13.5. The highest BCUT2D eigenvalue weighted by molar-refractivity contribution is 6.06. The Morgan fingerprint density at radius 2 is 1.92 bits per heavy atom. The molecule has 1 amide bonds. The molecule has 4 aromatic rings. The number of fused-ring (bicyclic) bond motifs is 1. The van der Waals surface area contributed by atoms with Crippen LogP contribution in [-0.4, -0.2) is 64.7 Å². The van der Waals surface area contributed by atoms with Crippen LogP contribution in [0.15, 0.2) is 61.2 Å². The second kappa shape index (κ2) is 11.5. The Balaban J connectivity index is 1.47. The number of carbonyl (C=O) groups excluding carboxylic acids is 1. The van der Waals surface area contributed by atoms with Crippen molar-refractivity contribution in [1.29, 1.82) is 0 Å². The van der Waals surface area contributed by atoms with Crippen molar-refractivity contribution in [3.63, 3.8) is 0 Å². The highest BCUT2D eigenvalue weighted by Gasteiger charge is 2.20. The first-order chi connectivity index (χ1) is 18.2. The van der Waals surface area contributed by atoms with Gasteiger partial charge in [0.2, 0.25) is 0 Å². The van der Waals surface area contributed by atoms with E-state index in [1.165, 1.54) is 0 Å². The van der Waals surface area contributed by atoms with Crippen LogP contribution in [0, 0.1) is 5.41 Å². The number of nitrogens with zero attached hydrogens (tertiary/aromatic N) is 5. The van der Waals surface area contributed by atoms with Crippen LogP contribution in [0.3, 0.4) is 0 Å². The summed E-state index contributed by atoms with van der Waals surface area (Å²) in [5.74, 6) is 1.54. The van der Waals surface area contributed by atoms with Gasteiger partial charge < -0.3 is 20.6 Å². The van der Waals surface area contributed by atoms with Crippen molar-refractivity contribution in [1.82, 2.24) is 25.3 Å². The Hall–Kier alpha value is -4.11. The number of rotatable bonds is 10. The van der Waals surface area contributed by atoms with Gasteiger partial charge in [0.15, 0.2) is 0 Å². The minimum Gasteiger partial charge on any atom is -0.396 e. The zero-order chi connectivity index (χ0) is 27.3. The molecule has 0 bridgehead atoms. The molecule has 0 aliphatic carbocycles. The second-order valence-corrected chi connectivity index (χ2v) is 10.3. The topological polar surface area (TPSA) is 116 Å².